The van der Waals surface area contributed by atoms with Crippen molar-refractivity contribution in [2.24, 2.45) is 10.1 Å². The molecule has 0 saturated heterocycles. The number of thiophene rings is 1. The van der Waals surface area contributed by atoms with Crippen LogP contribution >= 0.6 is 22.7 Å². The summed E-state index contributed by atoms with van der Waals surface area (Å²) in [5.74, 6) is 0. The van der Waals surface area contributed by atoms with Crippen LogP contribution in [0, 0.1) is 0 Å². The molecular weight excluding hydrogens is 360 g/mol. The van der Waals surface area contributed by atoms with Gasteiger partial charge in [0.1, 0.15) is 0 Å². The minimum Gasteiger partial charge on any atom is -0.255 e. The summed E-state index contributed by atoms with van der Waals surface area (Å²) < 4.78 is 2.01. The molecule has 4 rings (SSSR count). The van der Waals surface area contributed by atoms with Crippen LogP contribution in [-0.4, -0.2) is 21.4 Å². The third-order valence-corrected chi connectivity index (χ3v) is 6.33. The van der Waals surface area contributed by atoms with Crippen molar-refractivity contribution < 1.29 is 0 Å². The average Bonchev–Trinajstić information content (AvgIpc) is 3.34. The molecule has 134 valence electrons. The lowest BCUT2D eigenvalue weighted by molar-refractivity contribution is 0.435. The molecule has 26 heavy (non-hydrogen) atoms. The summed E-state index contributed by atoms with van der Waals surface area (Å²) in [7, 11) is 0. The normalized spacial score (nSPS) is 17.0. The first-order valence-electron chi connectivity index (χ1n) is 9.06. The molecule has 1 fully saturated rings. The van der Waals surface area contributed by atoms with Gasteiger partial charge in [-0.2, -0.15) is 5.10 Å². The minimum absolute atomic E-state index is 0.426. The monoisotopic (exact) mass is 382 g/mol. The van der Waals surface area contributed by atoms with Crippen LogP contribution in [0.2, 0.25) is 0 Å². The van der Waals surface area contributed by atoms with Crippen molar-refractivity contribution in [3.8, 4) is 10.6 Å². The molecule has 1 saturated carbocycles. The molecule has 0 atom stereocenters. The predicted molar refractivity (Wildman–Crippen MR) is 110 cm³/mol. The van der Waals surface area contributed by atoms with E-state index in [0.717, 1.165) is 21.9 Å². The molecule has 0 radical (unpaired) electrons. The third-order valence-electron chi connectivity index (χ3n) is 4.61. The highest BCUT2D eigenvalue weighted by Crippen LogP contribution is 2.26. The molecule has 3 heterocycles. The number of rotatable bonds is 4. The van der Waals surface area contributed by atoms with Gasteiger partial charge >= 0.3 is 0 Å². The van der Waals surface area contributed by atoms with E-state index in [1.807, 2.05) is 29.8 Å². The van der Waals surface area contributed by atoms with Crippen molar-refractivity contribution in [3.05, 3.63) is 57.8 Å². The maximum Gasteiger partial charge on any atom is 0.206 e. The third kappa shape index (κ3) is 3.86. The molecule has 0 aliphatic heterocycles. The summed E-state index contributed by atoms with van der Waals surface area (Å²) in [6.45, 7) is 2.01. The molecule has 4 nitrogen and oxygen atoms in total. The molecule has 0 spiro atoms. The summed E-state index contributed by atoms with van der Waals surface area (Å²) in [6.07, 6.45) is 8.10. The first kappa shape index (κ1) is 17.4. The minimum atomic E-state index is 0.426. The summed E-state index contributed by atoms with van der Waals surface area (Å²) in [5, 5.41) is 9.18. The van der Waals surface area contributed by atoms with Crippen molar-refractivity contribution in [3.63, 3.8) is 0 Å². The molecule has 1 aliphatic rings. The van der Waals surface area contributed by atoms with E-state index in [1.54, 1.807) is 28.9 Å². The number of thiazole rings is 1. The van der Waals surface area contributed by atoms with E-state index in [-0.39, 0.29) is 0 Å². The average molecular weight is 383 g/mol. The van der Waals surface area contributed by atoms with Crippen LogP contribution in [0.3, 0.4) is 0 Å². The predicted octanol–water partition coefficient (Wildman–Crippen LogP) is 5.18. The number of aromatic nitrogens is 2. The zero-order chi connectivity index (χ0) is 17.8. The molecule has 0 amide bonds. The molecule has 3 aromatic heterocycles. The van der Waals surface area contributed by atoms with Crippen LogP contribution in [0.1, 0.15) is 44.7 Å². The maximum absolute atomic E-state index is 5.05. The van der Waals surface area contributed by atoms with Gasteiger partial charge in [0.15, 0.2) is 0 Å². The highest BCUT2D eigenvalue weighted by molar-refractivity contribution is 7.14. The molecule has 0 N–H and O–H groups in total. The fourth-order valence-electron chi connectivity index (χ4n) is 3.22. The lowest BCUT2D eigenvalue weighted by atomic mass is 9.96. The van der Waals surface area contributed by atoms with Crippen LogP contribution in [-0.2, 0) is 0 Å². The maximum atomic E-state index is 5.05. The van der Waals surface area contributed by atoms with Crippen molar-refractivity contribution in [2.45, 2.75) is 45.1 Å². The smallest absolute Gasteiger partial charge is 0.206 e. The second kappa shape index (κ2) is 8.10. The Morgan fingerprint density at radius 3 is 2.73 bits per heavy atom. The first-order valence-corrected chi connectivity index (χ1v) is 10.8. The number of pyridine rings is 1. The van der Waals surface area contributed by atoms with E-state index >= 15 is 0 Å². The lowest BCUT2D eigenvalue weighted by Crippen LogP contribution is -2.19. The fraction of sp³-hybridized carbons (Fsp3) is 0.350. The van der Waals surface area contributed by atoms with Gasteiger partial charge in [-0.1, -0.05) is 31.4 Å². The quantitative estimate of drug-likeness (QED) is 0.573. The van der Waals surface area contributed by atoms with Crippen LogP contribution in [0.4, 0.5) is 0 Å². The Kier molecular flexibility index (Phi) is 5.41. The number of hydrogen-bond donors (Lipinski definition) is 0. The van der Waals surface area contributed by atoms with Gasteiger partial charge in [-0.15, -0.1) is 22.7 Å². The molecule has 1 aliphatic carbocycles. The second-order valence-corrected chi connectivity index (χ2v) is 8.30. The van der Waals surface area contributed by atoms with Crippen molar-refractivity contribution in [2.75, 3.05) is 0 Å². The first-order chi connectivity index (χ1) is 12.8. The zero-order valence-corrected chi connectivity index (χ0v) is 16.5. The topological polar surface area (TPSA) is 42.5 Å². The van der Waals surface area contributed by atoms with Gasteiger partial charge in [0.25, 0.3) is 0 Å². The van der Waals surface area contributed by atoms with Crippen molar-refractivity contribution >= 4 is 28.4 Å². The van der Waals surface area contributed by atoms with Gasteiger partial charge < -0.3 is 0 Å². The lowest BCUT2D eigenvalue weighted by Gasteiger charge is -2.16. The summed E-state index contributed by atoms with van der Waals surface area (Å²) in [6, 6.07) is 10.6. The Morgan fingerprint density at radius 2 is 2.00 bits per heavy atom. The Morgan fingerprint density at radius 1 is 1.12 bits per heavy atom. The molecule has 0 unspecified atom stereocenters. The van der Waals surface area contributed by atoms with E-state index in [4.69, 9.17) is 10.1 Å². The number of hydrogen-bond acceptors (Lipinski definition) is 5. The number of nitrogens with zero attached hydrogens (tertiary/aromatic N) is 4. The molecule has 0 bridgehead atoms. The van der Waals surface area contributed by atoms with Crippen LogP contribution in [0.5, 0.6) is 0 Å². The van der Waals surface area contributed by atoms with Crippen molar-refractivity contribution in [1.29, 1.82) is 0 Å². The van der Waals surface area contributed by atoms with E-state index in [9.17, 15) is 0 Å². The summed E-state index contributed by atoms with van der Waals surface area (Å²) in [5.41, 5.74) is 2.90. The van der Waals surface area contributed by atoms with Gasteiger partial charge in [0.2, 0.25) is 4.80 Å². The molecule has 3 aromatic rings. The summed E-state index contributed by atoms with van der Waals surface area (Å²) >= 11 is 3.41. The van der Waals surface area contributed by atoms with E-state index < -0.39 is 0 Å². The highest BCUT2D eigenvalue weighted by atomic mass is 32.1. The van der Waals surface area contributed by atoms with Crippen LogP contribution < -0.4 is 4.80 Å². The highest BCUT2D eigenvalue weighted by Gasteiger charge is 2.14. The Labute approximate surface area is 161 Å². The fourth-order valence-corrected chi connectivity index (χ4v) is 4.92. The standard InChI is InChI=1S/C20H22N4S2/c1-15(17-10-5-6-12-21-17)23-24-18(19-11-7-13-25-19)14-26-20(24)22-16-8-3-2-4-9-16/h5-7,10-14,16H,2-4,8-9H2,1H3. The van der Waals surface area contributed by atoms with Gasteiger partial charge in [0.05, 0.1) is 28.0 Å². The molecule has 6 heteroatoms. The Bertz CT molecular complexity index is 930. The van der Waals surface area contributed by atoms with Crippen molar-refractivity contribution in [1.82, 2.24) is 9.66 Å². The van der Waals surface area contributed by atoms with E-state index in [2.05, 4.69) is 27.9 Å². The molecular formula is C20H22N4S2. The zero-order valence-electron chi connectivity index (χ0n) is 14.8. The molecule has 0 aromatic carbocycles. The second-order valence-electron chi connectivity index (χ2n) is 6.51. The van der Waals surface area contributed by atoms with E-state index in [0.29, 0.717) is 6.04 Å². The summed E-state index contributed by atoms with van der Waals surface area (Å²) in [4.78, 5) is 11.7. The van der Waals surface area contributed by atoms with E-state index in [1.165, 1.54) is 37.0 Å². The van der Waals surface area contributed by atoms with Crippen LogP contribution in [0.25, 0.3) is 10.6 Å². The Hall–Kier alpha value is -2.05. The van der Waals surface area contributed by atoms with Gasteiger partial charge in [-0.3, -0.25) is 9.98 Å². The van der Waals surface area contributed by atoms with Gasteiger partial charge in [-0.05, 0) is 43.3 Å². The Balaban J connectivity index is 1.79. The SMILES string of the molecule is CC(=Nn1c(-c2cccs2)csc1=NC1CCCCC1)c1ccccn1. The largest absolute Gasteiger partial charge is 0.255 e. The van der Waals surface area contributed by atoms with Crippen LogP contribution in [0.15, 0.2) is 57.4 Å². The van der Waals surface area contributed by atoms with Gasteiger partial charge in [-0.25, -0.2) is 4.68 Å². The van der Waals surface area contributed by atoms with Gasteiger partial charge in [0, 0.05) is 11.6 Å².